The summed E-state index contributed by atoms with van der Waals surface area (Å²) < 4.78 is 5.11. The van der Waals surface area contributed by atoms with E-state index in [9.17, 15) is 0 Å². The van der Waals surface area contributed by atoms with Crippen LogP contribution in [0, 0.1) is 0 Å². The van der Waals surface area contributed by atoms with Crippen molar-refractivity contribution < 1.29 is 4.74 Å². The van der Waals surface area contributed by atoms with Crippen molar-refractivity contribution in [3.05, 3.63) is 0 Å². The number of thiocarbonyl (C=S) groups is 1. The van der Waals surface area contributed by atoms with Gasteiger partial charge in [-0.1, -0.05) is 13.3 Å². The number of isothiocyanates is 1. The van der Waals surface area contributed by atoms with Crippen LogP contribution in [0.2, 0.25) is 0 Å². The second kappa shape index (κ2) is 6.87. The number of hydrogen-bond acceptors (Lipinski definition) is 3. The van der Waals surface area contributed by atoms with E-state index < -0.39 is 0 Å². The number of aliphatic imine (C=N–C) groups is 1. The van der Waals surface area contributed by atoms with Crippen molar-refractivity contribution in [1.82, 2.24) is 0 Å². The minimum atomic E-state index is 0.223. The molecule has 2 nitrogen and oxygen atoms in total. The van der Waals surface area contributed by atoms with Gasteiger partial charge >= 0.3 is 0 Å². The van der Waals surface area contributed by atoms with E-state index in [1.165, 1.54) is 0 Å². The summed E-state index contributed by atoms with van der Waals surface area (Å²) in [6.45, 7) is 2.76. The molecule has 0 saturated heterocycles. The van der Waals surface area contributed by atoms with Gasteiger partial charge in [0.2, 0.25) is 0 Å². The zero-order valence-electron chi connectivity index (χ0n) is 6.46. The van der Waals surface area contributed by atoms with Gasteiger partial charge in [0, 0.05) is 7.11 Å². The molecule has 0 radical (unpaired) electrons. The van der Waals surface area contributed by atoms with Crippen molar-refractivity contribution in [2.75, 3.05) is 13.7 Å². The largest absolute Gasteiger partial charge is 0.380 e. The second-order valence-electron chi connectivity index (χ2n) is 2.08. The Kier molecular flexibility index (Phi) is 6.71. The Hall–Kier alpha value is -0.240. The van der Waals surface area contributed by atoms with Crippen molar-refractivity contribution in [3.8, 4) is 0 Å². The van der Waals surface area contributed by atoms with Crippen LogP contribution in [-0.2, 0) is 4.74 Å². The summed E-state index contributed by atoms with van der Waals surface area (Å²) in [6.07, 6.45) is 2.38. The van der Waals surface area contributed by atoms with E-state index in [4.69, 9.17) is 4.74 Å². The molecule has 0 bridgehead atoms. The molecule has 1 atom stereocenters. The molecule has 0 N–H and O–H groups in total. The normalized spacial score (nSPS) is 12.2. The molecule has 0 aromatic rings. The Bertz CT molecular complexity index is 121. The van der Waals surface area contributed by atoms with Crippen LogP contribution in [0.15, 0.2) is 4.99 Å². The second-order valence-corrected chi connectivity index (χ2v) is 2.26. The van der Waals surface area contributed by atoms with E-state index in [0.717, 1.165) is 12.8 Å². The lowest BCUT2D eigenvalue weighted by molar-refractivity contribution is 0.102. The molecule has 0 aliphatic carbocycles. The molecule has 3 heteroatoms. The topological polar surface area (TPSA) is 21.6 Å². The van der Waals surface area contributed by atoms with Gasteiger partial charge in [0.1, 0.15) is 0 Å². The Balaban J connectivity index is 3.48. The summed E-state index contributed by atoms with van der Waals surface area (Å²) >= 11 is 4.43. The number of ether oxygens (including phenoxy) is 1. The van der Waals surface area contributed by atoms with Crippen LogP contribution in [-0.4, -0.2) is 24.9 Å². The number of methoxy groups -OCH3 is 1. The highest BCUT2D eigenvalue weighted by Gasteiger charge is 2.02. The van der Waals surface area contributed by atoms with E-state index in [1.807, 2.05) is 0 Å². The fourth-order valence-corrected chi connectivity index (χ4v) is 0.819. The monoisotopic (exact) mass is 159 g/mol. The first kappa shape index (κ1) is 9.76. The average molecular weight is 159 g/mol. The molecule has 0 rings (SSSR count). The molecule has 0 aromatic heterocycles. The summed E-state index contributed by atoms with van der Waals surface area (Å²) in [5.74, 6) is 0. The molecule has 0 saturated carbocycles. The standard InChI is InChI=1S/C7H13NOS/c1-3-4-7(9-2)5-8-6-10/h7H,3-5H2,1-2H3. The minimum absolute atomic E-state index is 0.223. The van der Waals surface area contributed by atoms with Gasteiger partial charge in [-0.25, -0.2) is 4.99 Å². The van der Waals surface area contributed by atoms with Crippen LogP contribution in [0.25, 0.3) is 0 Å². The van der Waals surface area contributed by atoms with Gasteiger partial charge in [-0.3, -0.25) is 0 Å². The predicted octanol–water partition coefficient (Wildman–Crippen LogP) is 1.90. The van der Waals surface area contributed by atoms with Crippen LogP contribution < -0.4 is 0 Å². The summed E-state index contributed by atoms with van der Waals surface area (Å²) in [4.78, 5) is 3.80. The third kappa shape index (κ3) is 4.62. The van der Waals surface area contributed by atoms with E-state index in [0.29, 0.717) is 6.54 Å². The Morgan fingerprint density at radius 3 is 2.80 bits per heavy atom. The number of hydrogen-bond donors (Lipinski definition) is 0. The SMILES string of the molecule is CCCC(CN=C=S)OC. The Morgan fingerprint density at radius 2 is 2.40 bits per heavy atom. The van der Waals surface area contributed by atoms with Gasteiger partial charge in [-0.05, 0) is 18.6 Å². The molecule has 0 fully saturated rings. The third-order valence-corrected chi connectivity index (χ3v) is 1.43. The van der Waals surface area contributed by atoms with E-state index in [2.05, 4.69) is 29.3 Å². The zero-order valence-corrected chi connectivity index (χ0v) is 7.28. The zero-order chi connectivity index (χ0) is 7.82. The first-order valence-electron chi connectivity index (χ1n) is 3.41. The first-order valence-corrected chi connectivity index (χ1v) is 3.82. The molecule has 1 unspecified atom stereocenters. The minimum Gasteiger partial charge on any atom is -0.380 e. The molecule has 0 spiro atoms. The summed E-state index contributed by atoms with van der Waals surface area (Å²) in [6, 6.07) is 0. The third-order valence-electron chi connectivity index (χ3n) is 1.30. The Morgan fingerprint density at radius 1 is 1.70 bits per heavy atom. The van der Waals surface area contributed by atoms with E-state index >= 15 is 0 Å². The predicted molar refractivity (Wildman–Crippen MR) is 45.6 cm³/mol. The molecule has 0 aromatic carbocycles. The summed E-state index contributed by atoms with van der Waals surface area (Å²) in [5, 5.41) is 2.32. The maximum Gasteiger partial charge on any atom is 0.0774 e. The fraction of sp³-hybridized carbons (Fsp3) is 0.857. The van der Waals surface area contributed by atoms with Crippen LogP contribution in [0.1, 0.15) is 19.8 Å². The van der Waals surface area contributed by atoms with Crippen molar-refractivity contribution >= 4 is 17.4 Å². The molecule has 0 aliphatic rings. The van der Waals surface area contributed by atoms with Gasteiger partial charge in [0.15, 0.2) is 0 Å². The lowest BCUT2D eigenvalue weighted by atomic mass is 10.2. The highest BCUT2D eigenvalue weighted by molar-refractivity contribution is 7.78. The lowest BCUT2D eigenvalue weighted by Gasteiger charge is -2.09. The van der Waals surface area contributed by atoms with Crippen LogP contribution >= 0.6 is 12.2 Å². The molecule has 10 heavy (non-hydrogen) atoms. The molecular formula is C7H13NOS. The number of nitrogens with zero attached hydrogens (tertiary/aromatic N) is 1. The molecular weight excluding hydrogens is 146 g/mol. The maximum atomic E-state index is 5.11. The smallest absolute Gasteiger partial charge is 0.0774 e. The quantitative estimate of drug-likeness (QED) is 0.451. The van der Waals surface area contributed by atoms with Crippen LogP contribution in [0.3, 0.4) is 0 Å². The van der Waals surface area contributed by atoms with Crippen LogP contribution in [0.4, 0.5) is 0 Å². The fourth-order valence-electron chi connectivity index (χ4n) is 0.745. The Labute approximate surface area is 67.3 Å². The molecule has 0 heterocycles. The number of rotatable bonds is 5. The van der Waals surface area contributed by atoms with Crippen molar-refractivity contribution in [2.24, 2.45) is 4.99 Å². The van der Waals surface area contributed by atoms with Crippen molar-refractivity contribution in [2.45, 2.75) is 25.9 Å². The van der Waals surface area contributed by atoms with Crippen LogP contribution in [0.5, 0.6) is 0 Å². The highest BCUT2D eigenvalue weighted by Crippen LogP contribution is 2.00. The van der Waals surface area contributed by atoms with Gasteiger partial charge in [0.05, 0.1) is 17.8 Å². The molecule has 0 amide bonds. The van der Waals surface area contributed by atoms with Gasteiger partial charge in [-0.15, -0.1) is 0 Å². The van der Waals surface area contributed by atoms with Gasteiger partial charge < -0.3 is 4.74 Å². The summed E-state index contributed by atoms with van der Waals surface area (Å²) in [7, 11) is 1.69. The first-order chi connectivity index (χ1) is 4.85. The van der Waals surface area contributed by atoms with Gasteiger partial charge in [-0.2, -0.15) is 0 Å². The lowest BCUT2D eigenvalue weighted by Crippen LogP contribution is -2.13. The molecule has 58 valence electrons. The van der Waals surface area contributed by atoms with Crippen molar-refractivity contribution in [3.63, 3.8) is 0 Å². The van der Waals surface area contributed by atoms with E-state index in [-0.39, 0.29) is 6.10 Å². The summed E-state index contributed by atoms with van der Waals surface area (Å²) in [5.41, 5.74) is 0. The highest BCUT2D eigenvalue weighted by atomic mass is 32.1. The average Bonchev–Trinajstić information content (AvgIpc) is 1.98. The van der Waals surface area contributed by atoms with Gasteiger partial charge in [0.25, 0.3) is 0 Å². The van der Waals surface area contributed by atoms with Crippen molar-refractivity contribution in [1.29, 1.82) is 0 Å². The van der Waals surface area contributed by atoms with E-state index in [1.54, 1.807) is 7.11 Å². The maximum absolute atomic E-state index is 5.11. The molecule has 0 aliphatic heterocycles.